The van der Waals surface area contributed by atoms with Crippen LogP contribution in [-0.2, 0) is 4.79 Å². The monoisotopic (exact) mass is 375 g/mol. The van der Waals surface area contributed by atoms with Gasteiger partial charge < -0.3 is 15.5 Å². The fraction of sp³-hybridized carbons (Fsp3) is 0.952. The molecule has 0 aliphatic heterocycles. The average Bonchev–Trinajstić information content (AvgIpc) is 2.61. The summed E-state index contributed by atoms with van der Waals surface area (Å²) in [7, 11) is 0. The van der Waals surface area contributed by atoms with Gasteiger partial charge in [-0.25, -0.2) is 4.39 Å². The highest BCUT2D eigenvalue weighted by molar-refractivity contribution is 5.73. The van der Waals surface area contributed by atoms with Gasteiger partial charge in [-0.1, -0.05) is 84.0 Å². The number of carbonyl (C=O) groups excluding carboxylic acids is 1. The lowest BCUT2D eigenvalue weighted by atomic mass is 9.92. The van der Waals surface area contributed by atoms with Crippen molar-refractivity contribution in [2.24, 2.45) is 0 Å². The van der Waals surface area contributed by atoms with Crippen LogP contribution in [0.2, 0.25) is 0 Å². The Morgan fingerprint density at radius 2 is 1.31 bits per heavy atom. The van der Waals surface area contributed by atoms with Crippen LogP contribution in [0, 0.1) is 0 Å². The van der Waals surface area contributed by atoms with Crippen LogP contribution >= 0.6 is 0 Å². The number of nitrogens with one attached hydrogen (secondary N) is 1. The topological polar surface area (TPSA) is 69.6 Å². The minimum Gasteiger partial charge on any atom is -0.394 e. The zero-order chi connectivity index (χ0) is 19.7. The Hall–Kier alpha value is -0.680. The maximum Gasteiger partial charge on any atom is 0.217 e. The van der Waals surface area contributed by atoms with Crippen LogP contribution in [0.25, 0.3) is 0 Å². The van der Waals surface area contributed by atoms with Crippen molar-refractivity contribution in [3.63, 3.8) is 0 Å². The van der Waals surface area contributed by atoms with Crippen molar-refractivity contribution >= 4 is 5.91 Å². The third-order valence-corrected chi connectivity index (χ3v) is 5.03. The molecule has 4 nitrogen and oxygen atoms in total. The van der Waals surface area contributed by atoms with Crippen LogP contribution in [0.3, 0.4) is 0 Å². The molecule has 0 fully saturated rings. The molecule has 26 heavy (non-hydrogen) atoms. The molecule has 0 aliphatic rings. The summed E-state index contributed by atoms with van der Waals surface area (Å²) < 4.78 is 14.2. The SMILES string of the molecule is CCCCCCCCCCCCCCC(F)CC(CO)(CO)NC(C)=O. The summed E-state index contributed by atoms with van der Waals surface area (Å²) in [5.41, 5.74) is -1.25. The third-order valence-electron chi connectivity index (χ3n) is 5.03. The van der Waals surface area contributed by atoms with Crippen molar-refractivity contribution in [1.29, 1.82) is 0 Å². The summed E-state index contributed by atoms with van der Waals surface area (Å²) in [4.78, 5) is 11.2. The van der Waals surface area contributed by atoms with Crippen LogP contribution in [0.4, 0.5) is 4.39 Å². The highest BCUT2D eigenvalue weighted by atomic mass is 19.1. The first kappa shape index (κ1) is 25.3. The second-order valence-corrected chi connectivity index (χ2v) is 7.76. The van der Waals surface area contributed by atoms with E-state index >= 15 is 0 Å². The van der Waals surface area contributed by atoms with E-state index in [9.17, 15) is 19.4 Å². The first-order valence-electron chi connectivity index (χ1n) is 10.6. The smallest absolute Gasteiger partial charge is 0.217 e. The largest absolute Gasteiger partial charge is 0.394 e. The molecular formula is C21H42FNO3. The van der Waals surface area contributed by atoms with Crippen molar-refractivity contribution < 1.29 is 19.4 Å². The molecule has 0 rings (SSSR count). The Morgan fingerprint density at radius 3 is 1.69 bits per heavy atom. The maximum absolute atomic E-state index is 14.2. The van der Waals surface area contributed by atoms with Crippen molar-refractivity contribution in [2.75, 3.05) is 13.2 Å². The molecule has 0 saturated carbocycles. The molecule has 0 aromatic carbocycles. The second kappa shape index (κ2) is 16.5. The van der Waals surface area contributed by atoms with Gasteiger partial charge in [0.15, 0.2) is 0 Å². The van der Waals surface area contributed by atoms with E-state index in [-0.39, 0.29) is 12.3 Å². The van der Waals surface area contributed by atoms with Crippen LogP contribution < -0.4 is 5.32 Å². The Bertz CT molecular complexity index is 335. The number of alkyl halides is 1. The summed E-state index contributed by atoms with van der Waals surface area (Å²) in [6.45, 7) is 2.63. The number of aliphatic hydroxyl groups excluding tert-OH is 2. The van der Waals surface area contributed by atoms with Crippen LogP contribution in [0.5, 0.6) is 0 Å². The van der Waals surface area contributed by atoms with E-state index in [0.717, 1.165) is 19.3 Å². The van der Waals surface area contributed by atoms with Gasteiger partial charge in [0.05, 0.1) is 18.8 Å². The van der Waals surface area contributed by atoms with E-state index in [4.69, 9.17) is 0 Å². The van der Waals surface area contributed by atoms with E-state index in [1.807, 2.05) is 0 Å². The zero-order valence-corrected chi connectivity index (χ0v) is 17.1. The number of hydrogen-bond donors (Lipinski definition) is 3. The summed E-state index contributed by atoms with van der Waals surface area (Å²) in [6, 6.07) is 0. The lowest BCUT2D eigenvalue weighted by Gasteiger charge is -2.31. The Kier molecular flexibility index (Phi) is 16.1. The lowest BCUT2D eigenvalue weighted by Crippen LogP contribution is -2.55. The van der Waals surface area contributed by atoms with Gasteiger partial charge in [-0.05, 0) is 6.42 Å². The summed E-state index contributed by atoms with van der Waals surface area (Å²) in [5.74, 6) is -0.370. The van der Waals surface area contributed by atoms with Gasteiger partial charge in [0, 0.05) is 13.3 Å². The fourth-order valence-electron chi connectivity index (χ4n) is 3.42. The van der Waals surface area contributed by atoms with Crippen LogP contribution in [0.15, 0.2) is 0 Å². The summed E-state index contributed by atoms with van der Waals surface area (Å²) in [5, 5.41) is 21.3. The molecule has 0 heterocycles. The minimum atomic E-state index is -1.25. The molecule has 3 N–H and O–H groups in total. The summed E-state index contributed by atoms with van der Waals surface area (Å²) >= 11 is 0. The molecule has 0 radical (unpaired) electrons. The maximum atomic E-state index is 14.2. The normalized spacial score (nSPS) is 13.0. The first-order valence-corrected chi connectivity index (χ1v) is 10.6. The lowest BCUT2D eigenvalue weighted by molar-refractivity contribution is -0.122. The highest BCUT2D eigenvalue weighted by Gasteiger charge is 2.32. The molecule has 156 valence electrons. The van der Waals surface area contributed by atoms with Gasteiger partial charge in [-0.15, -0.1) is 0 Å². The minimum absolute atomic E-state index is 0.0440. The van der Waals surface area contributed by atoms with E-state index in [1.54, 1.807) is 0 Å². The van der Waals surface area contributed by atoms with Crippen molar-refractivity contribution in [3.8, 4) is 0 Å². The molecule has 0 aromatic rings. The zero-order valence-electron chi connectivity index (χ0n) is 17.1. The molecule has 1 atom stereocenters. The number of rotatable bonds is 18. The number of halogens is 1. The van der Waals surface area contributed by atoms with Gasteiger partial charge in [0.1, 0.15) is 6.17 Å². The van der Waals surface area contributed by atoms with Crippen LogP contribution in [-0.4, -0.2) is 41.0 Å². The molecule has 0 spiro atoms. The third kappa shape index (κ3) is 13.5. The molecule has 1 unspecified atom stereocenters. The number of aliphatic hydroxyl groups is 2. The van der Waals surface area contributed by atoms with Crippen molar-refractivity contribution in [1.82, 2.24) is 5.32 Å². The van der Waals surface area contributed by atoms with Gasteiger partial charge in [0.25, 0.3) is 0 Å². The quantitative estimate of drug-likeness (QED) is 0.305. The molecule has 1 amide bonds. The average molecular weight is 376 g/mol. The van der Waals surface area contributed by atoms with E-state index in [2.05, 4.69) is 12.2 Å². The van der Waals surface area contributed by atoms with E-state index in [1.165, 1.54) is 64.7 Å². The Balaban J connectivity index is 3.64. The number of amides is 1. The Morgan fingerprint density at radius 1 is 0.885 bits per heavy atom. The molecule has 0 aromatic heterocycles. The Labute approximate surface area is 160 Å². The van der Waals surface area contributed by atoms with Gasteiger partial charge in [-0.2, -0.15) is 0 Å². The van der Waals surface area contributed by atoms with Crippen molar-refractivity contribution in [3.05, 3.63) is 0 Å². The molecule has 5 heteroatoms. The van der Waals surface area contributed by atoms with Crippen LogP contribution in [0.1, 0.15) is 104 Å². The molecule has 0 aliphatic carbocycles. The fourth-order valence-corrected chi connectivity index (χ4v) is 3.42. The van der Waals surface area contributed by atoms with E-state index in [0.29, 0.717) is 6.42 Å². The standard InChI is InChI=1S/C21H42FNO3/c1-3-4-5-6-7-8-9-10-11-12-13-14-15-20(22)16-21(17-24,18-25)23-19(2)26/h20,24-25H,3-18H2,1-2H3,(H,23,26). The predicted octanol–water partition coefficient (Wildman–Crippen LogP) is 4.67. The first-order chi connectivity index (χ1) is 12.5. The highest BCUT2D eigenvalue weighted by Crippen LogP contribution is 2.20. The number of hydrogen-bond acceptors (Lipinski definition) is 3. The van der Waals surface area contributed by atoms with E-state index < -0.39 is 24.9 Å². The van der Waals surface area contributed by atoms with Crippen molar-refractivity contribution in [2.45, 2.75) is 115 Å². The second-order valence-electron chi connectivity index (χ2n) is 7.76. The summed E-state index contributed by atoms with van der Waals surface area (Å²) in [6.07, 6.45) is 14.1. The number of carbonyl (C=O) groups is 1. The van der Waals surface area contributed by atoms with Gasteiger partial charge in [-0.3, -0.25) is 4.79 Å². The number of unbranched alkanes of at least 4 members (excludes halogenated alkanes) is 11. The molecule has 0 saturated heterocycles. The predicted molar refractivity (Wildman–Crippen MR) is 106 cm³/mol. The molecular weight excluding hydrogens is 333 g/mol. The van der Waals surface area contributed by atoms with Gasteiger partial charge >= 0.3 is 0 Å². The van der Waals surface area contributed by atoms with Gasteiger partial charge in [0.2, 0.25) is 5.91 Å². The molecule has 0 bridgehead atoms.